The van der Waals surface area contributed by atoms with Crippen LogP contribution in [-0.4, -0.2) is 48.9 Å². The summed E-state index contributed by atoms with van der Waals surface area (Å²) in [6.07, 6.45) is 0.522. The summed E-state index contributed by atoms with van der Waals surface area (Å²) >= 11 is 0. The first-order chi connectivity index (χ1) is 8.79. The van der Waals surface area contributed by atoms with E-state index in [-0.39, 0.29) is 18.4 Å². The van der Waals surface area contributed by atoms with Gasteiger partial charge in [0.05, 0.1) is 19.1 Å². The molecule has 19 heavy (non-hydrogen) atoms. The molecule has 0 spiro atoms. The molecule has 0 radical (unpaired) electrons. The molecule has 6 nitrogen and oxygen atoms in total. The molecule has 110 valence electrons. The molecule has 2 unspecified atom stereocenters. The predicted molar refractivity (Wildman–Crippen MR) is 68.8 cm³/mol. The summed E-state index contributed by atoms with van der Waals surface area (Å²) in [6.45, 7) is 6.84. The van der Waals surface area contributed by atoms with Crippen LogP contribution in [0.1, 0.15) is 27.2 Å². The quantitative estimate of drug-likeness (QED) is 0.716. The van der Waals surface area contributed by atoms with Gasteiger partial charge < -0.3 is 19.9 Å². The highest BCUT2D eigenvalue weighted by molar-refractivity contribution is 5.72. The van der Waals surface area contributed by atoms with E-state index in [4.69, 9.17) is 14.6 Å². The van der Waals surface area contributed by atoms with Gasteiger partial charge >= 0.3 is 11.9 Å². The molecule has 6 heteroatoms. The van der Waals surface area contributed by atoms with Crippen LogP contribution >= 0.6 is 0 Å². The summed E-state index contributed by atoms with van der Waals surface area (Å²) in [5, 5.41) is 12.0. The normalized spacial score (nSPS) is 23.9. The lowest BCUT2D eigenvalue weighted by atomic mass is 9.88. The Bertz CT molecular complexity index is 323. The Balaban J connectivity index is 2.31. The van der Waals surface area contributed by atoms with Gasteiger partial charge in [0.25, 0.3) is 0 Å². The third kappa shape index (κ3) is 6.02. The van der Waals surface area contributed by atoms with E-state index in [2.05, 4.69) is 5.32 Å². The highest BCUT2D eigenvalue weighted by Crippen LogP contribution is 2.21. The average Bonchev–Trinajstić information content (AvgIpc) is 2.27. The molecule has 1 rings (SSSR count). The second kappa shape index (κ2) is 6.86. The number of aliphatic carboxylic acids is 1. The minimum Gasteiger partial charge on any atom is -0.481 e. The predicted octanol–water partition coefficient (Wildman–Crippen LogP) is 0.655. The summed E-state index contributed by atoms with van der Waals surface area (Å²) in [7, 11) is 0. The first-order valence-corrected chi connectivity index (χ1v) is 6.52. The maximum absolute atomic E-state index is 11.5. The van der Waals surface area contributed by atoms with E-state index in [1.165, 1.54) is 0 Å². The van der Waals surface area contributed by atoms with Gasteiger partial charge in [-0.3, -0.25) is 9.59 Å². The van der Waals surface area contributed by atoms with E-state index in [1.54, 1.807) is 20.8 Å². The van der Waals surface area contributed by atoms with Crippen molar-refractivity contribution in [2.75, 3.05) is 26.3 Å². The number of esters is 1. The highest BCUT2D eigenvalue weighted by Gasteiger charge is 2.31. The Labute approximate surface area is 113 Å². The van der Waals surface area contributed by atoms with Crippen LogP contribution in [-0.2, 0) is 19.1 Å². The standard InChI is InChI=1S/C13H23NO5/c1-13(2,3)19-11(15)7-14-6-9-8-18-5-4-10(9)12(16)17/h9-10,14H,4-8H2,1-3H3,(H,16,17). The van der Waals surface area contributed by atoms with Gasteiger partial charge in [-0.2, -0.15) is 0 Å². The largest absolute Gasteiger partial charge is 0.481 e. The molecule has 0 aromatic carbocycles. The van der Waals surface area contributed by atoms with Gasteiger partial charge in [0, 0.05) is 19.1 Å². The van der Waals surface area contributed by atoms with Crippen molar-refractivity contribution in [2.24, 2.45) is 11.8 Å². The SMILES string of the molecule is CC(C)(C)OC(=O)CNCC1COCCC1C(=O)O. The number of carboxylic acid groups (broad SMARTS) is 1. The van der Waals surface area contributed by atoms with Crippen LogP contribution in [0.4, 0.5) is 0 Å². The van der Waals surface area contributed by atoms with E-state index >= 15 is 0 Å². The van der Waals surface area contributed by atoms with Gasteiger partial charge in [0.2, 0.25) is 0 Å². The Morgan fingerprint density at radius 2 is 2.11 bits per heavy atom. The lowest BCUT2D eigenvalue weighted by Crippen LogP contribution is -2.41. The fourth-order valence-electron chi connectivity index (χ4n) is 2.06. The molecule has 0 aromatic heterocycles. The lowest BCUT2D eigenvalue weighted by molar-refractivity contribution is -0.153. The van der Waals surface area contributed by atoms with Crippen molar-refractivity contribution in [1.82, 2.24) is 5.32 Å². The third-order valence-corrected chi connectivity index (χ3v) is 2.89. The minimum absolute atomic E-state index is 0.0834. The van der Waals surface area contributed by atoms with Crippen molar-refractivity contribution in [3.63, 3.8) is 0 Å². The molecule has 2 atom stereocenters. The molecule has 0 bridgehead atoms. The molecule has 0 saturated carbocycles. The number of nitrogens with one attached hydrogen (secondary N) is 1. The van der Waals surface area contributed by atoms with Crippen LogP contribution in [0.5, 0.6) is 0 Å². The van der Waals surface area contributed by atoms with Crippen LogP contribution in [0.15, 0.2) is 0 Å². The molecule has 1 aliphatic rings. The molecule has 0 amide bonds. The number of carbonyl (C=O) groups excluding carboxylic acids is 1. The fourth-order valence-corrected chi connectivity index (χ4v) is 2.06. The van der Waals surface area contributed by atoms with Crippen LogP contribution < -0.4 is 5.32 Å². The smallest absolute Gasteiger partial charge is 0.320 e. The van der Waals surface area contributed by atoms with E-state index in [1.807, 2.05) is 0 Å². The van der Waals surface area contributed by atoms with Crippen molar-refractivity contribution >= 4 is 11.9 Å². The van der Waals surface area contributed by atoms with E-state index in [0.29, 0.717) is 26.2 Å². The molecule has 1 aliphatic heterocycles. The highest BCUT2D eigenvalue weighted by atomic mass is 16.6. The molecular weight excluding hydrogens is 250 g/mol. The van der Waals surface area contributed by atoms with Gasteiger partial charge in [0.1, 0.15) is 5.60 Å². The zero-order chi connectivity index (χ0) is 14.5. The topological polar surface area (TPSA) is 84.9 Å². The lowest BCUT2D eigenvalue weighted by Gasteiger charge is -2.28. The molecule has 1 saturated heterocycles. The zero-order valence-electron chi connectivity index (χ0n) is 11.8. The van der Waals surface area contributed by atoms with Crippen molar-refractivity contribution in [2.45, 2.75) is 32.8 Å². The maximum Gasteiger partial charge on any atom is 0.320 e. The second-order valence-corrected chi connectivity index (χ2v) is 5.79. The van der Waals surface area contributed by atoms with Crippen molar-refractivity contribution in [1.29, 1.82) is 0 Å². The van der Waals surface area contributed by atoms with E-state index in [9.17, 15) is 9.59 Å². The molecule has 1 fully saturated rings. The van der Waals surface area contributed by atoms with Crippen molar-refractivity contribution in [3.8, 4) is 0 Å². The summed E-state index contributed by atoms with van der Waals surface area (Å²) in [5.41, 5.74) is -0.504. The van der Waals surface area contributed by atoms with Gasteiger partial charge in [-0.25, -0.2) is 0 Å². The summed E-state index contributed by atoms with van der Waals surface area (Å²) in [5.74, 6) is -1.64. The fraction of sp³-hybridized carbons (Fsp3) is 0.846. The molecule has 0 aromatic rings. The minimum atomic E-state index is -0.799. The molecule has 1 heterocycles. The molecular formula is C13H23NO5. The number of rotatable bonds is 5. The number of ether oxygens (including phenoxy) is 2. The summed E-state index contributed by atoms with van der Waals surface area (Å²) in [6, 6.07) is 0. The monoisotopic (exact) mass is 273 g/mol. The Hall–Kier alpha value is -1.14. The number of carbonyl (C=O) groups is 2. The van der Waals surface area contributed by atoms with E-state index in [0.717, 1.165) is 0 Å². The maximum atomic E-state index is 11.5. The van der Waals surface area contributed by atoms with Gasteiger partial charge in [-0.15, -0.1) is 0 Å². The summed E-state index contributed by atoms with van der Waals surface area (Å²) < 4.78 is 10.4. The van der Waals surface area contributed by atoms with Gasteiger partial charge in [0.15, 0.2) is 0 Å². The zero-order valence-corrected chi connectivity index (χ0v) is 11.8. The number of carboxylic acids is 1. The number of hydrogen-bond acceptors (Lipinski definition) is 5. The first kappa shape index (κ1) is 15.9. The van der Waals surface area contributed by atoms with Gasteiger partial charge in [-0.05, 0) is 27.2 Å². The second-order valence-electron chi connectivity index (χ2n) is 5.79. The Morgan fingerprint density at radius 3 is 2.68 bits per heavy atom. The molecule has 2 N–H and O–H groups in total. The van der Waals surface area contributed by atoms with Crippen molar-refractivity contribution in [3.05, 3.63) is 0 Å². The first-order valence-electron chi connectivity index (χ1n) is 6.52. The van der Waals surface area contributed by atoms with Gasteiger partial charge in [-0.1, -0.05) is 0 Å². The number of hydrogen-bond donors (Lipinski definition) is 2. The average molecular weight is 273 g/mol. The van der Waals surface area contributed by atoms with E-state index < -0.39 is 17.5 Å². The summed E-state index contributed by atoms with van der Waals surface area (Å²) in [4.78, 5) is 22.6. The third-order valence-electron chi connectivity index (χ3n) is 2.89. The van der Waals surface area contributed by atoms with Crippen LogP contribution in [0.2, 0.25) is 0 Å². The van der Waals surface area contributed by atoms with Crippen LogP contribution in [0.3, 0.4) is 0 Å². The molecule has 0 aliphatic carbocycles. The van der Waals surface area contributed by atoms with Crippen LogP contribution in [0.25, 0.3) is 0 Å². The Kier molecular flexibility index (Phi) is 5.75. The van der Waals surface area contributed by atoms with Crippen LogP contribution in [0, 0.1) is 11.8 Å². The van der Waals surface area contributed by atoms with Crippen molar-refractivity contribution < 1.29 is 24.2 Å². The Morgan fingerprint density at radius 1 is 1.42 bits per heavy atom.